The van der Waals surface area contributed by atoms with Gasteiger partial charge in [0, 0.05) is 12.2 Å². The number of esters is 1. The van der Waals surface area contributed by atoms with Gasteiger partial charge in [0.2, 0.25) is 0 Å². The minimum absolute atomic E-state index is 0.0754. The molecule has 0 spiro atoms. The quantitative estimate of drug-likeness (QED) is 0.669. The van der Waals surface area contributed by atoms with Crippen LogP contribution >= 0.6 is 0 Å². The lowest BCUT2D eigenvalue weighted by atomic mass is 9.65. The highest BCUT2D eigenvalue weighted by atomic mass is 19.1. The van der Waals surface area contributed by atoms with Gasteiger partial charge in [-0.1, -0.05) is 6.92 Å². The van der Waals surface area contributed by atoms with Crippen LogP contribution in [0.15, 0.2) is 12.1 Å². The van der Waals surface area contributed by atoms with Crippen molar-refractivity contribution >= 4 is 5.97 Å². The van der Waals surface area contributed by atoms with E-state index in [9.17, 15) is 13.6 Å². The number of carbonyl (C=O) groups excluding carboxylic acids is 1. The number of ether oxygens (including phenoxy) is 2. The number of carbonyl (C=O) groups is 1. The van der Waals surface area contributed by atoms with Gasteiger partial charge in [-0.15, -0.1) is 0 Å². The molecule has 2 fully saturated rings. The lowest BCUT2D eigenvalue weighted by molar-refractivity contribution is -0.0150. The van der Waals surface area contributed by atoms with Crippen molar-refractivity contribution in [3.05, 3.63) is 34.9 Å². The van der Waals surface area contributed by atoms with E-state index in [1.165, 1.54) is 7.11 Å². The summed E-state index contributed by atoms with van der Waals surface area (Å²) in [6.45, 7) is 2.93. The van der Waals surface area contributed by atoms with Crippen molar-refractivity contribution in [2.45, 2.75) is 63.9 Å². The Morgan fingerprint density at radius 1 is 1.08 bits per heavy atom. The van der Waals surface area contributed by atoms with Gasteiger partial charge < -0.3 is 9.47 Å². The molecule has 4 atom stereocenters. The van der Waals surface area contributed by atoms with E-state index in [-0.39, 0.29) is 17.0 Å². The van der Waals surface area contributed by atoms with E-state index in [4.69, 9.17) is 4.74 Å². The number of methoxy groups -OCH3 is 1. The number of halogens is 2. The van der Waals surface area contributed by atoms with Crippen LogP contribution in [0.3, 0.4) is 0 Å². The van der Waals surface area contributed by atoms with Gasteiger partial charge in [0.1, 0.15) is 11.6 Å². The molecule has 0 aliphatic heterocycles. The van der Waals surface area contributed by atoms with Crippen molar-refractivity contribution in [3.8, 4) is 0 Å². The Bertz CT molecular complexity index is 623. The van der Waals surface area contributed by atoms with Gasteiger partial charge >= 0.3 is 5.97 Å². The van der Waals surface area contributed by atoms with Crippen LogP contribution in [-0.2, 0) is 9.47 Å². The fraction of sp³-hybridized carbons (Fsp3) is 0.667. The van der Waals surface area contributed by atoms with Gasteiger partial charge in [0.25, 0.3) is 0 Å². The molecule has 0 heterocycles. The average Bonchev–Trinajstić information content (AvgIpc) is 2.64. The molecule has 0 saturated heterocycles. The third-order valence-corrected chi connectivity index (χ3v) is 6.03. The van der Waals surface area contributed by atoms with Crippen LogP contribution in [0, 0.1) is 23.5 Å². The van der Waals surface area contributed by atoms with Gasteiger partial charge in [-0.25, -0.2) is 13.6 Å². The molecule has 0 radical (unpaired) electrons. The molecule has 5 heteroatoms. The van der Waals surface area contributed by atoms with E-state index in [1.54, 1.807) is 0 Å². The highest BCUT2D eigenvalue weighted by Crippen LogP contribution is 2.47. The van der Waals surface area contributed by atoms with Crippen molar-refractivity contribution < 1.29 is 23.0 Å². The van der Waals surface area contributed by atoms with Crippen LogP contribution < -0.4 is 0 Å². The first-order valence-electron chi connectivity index (χ1n) is 9.72. The molecule has 1 aromatic carbocycles. The third kappa shape index (κ3) is 4.08. The second-order valence-corrected chi connectivity index (χ2v) is 7.68. The minimum atomic E-state index is -0.719. The van der Waals surface area contributed by atoms with Crippen molar-refractivity contribution in [3.63, 3.8) is 0 Å². The largest absolute Gasteiger partial charge is 0.465 e. The summed E-state index contributed by atoms with van der Waals surface area (Å²) in [6, 6.07) is 2.21. The predicted molar refractivity (Wildman–Crippen MR) is 95.2 cm³/mol. The maximum absolute atomic E-state index is 14.5. The zero-order valence-corrected chi connectivity index (χ0v) is 15.6. The molecule has 0 N–H and O–H groups in total. The Labute approximate surface area is 154 Å². The van der Waals surface area contributed by atoms with E-state index in [0.29, 0.717) is 17.9 Å². The maximum atomic E-state index is 14.5. The maximum Gasteiger partial charge on any atom is 0.338 e. The molecule has 144 valence electrons. The van der Waals surface area contributed by atoms with Crippen LogP contribution in [0.5, 0.6) is 0 Å². The summed E-state index contributed by atoms with van der Waals surface area (Å²) in [5, 5.41) is 0. The summed E-state index contributed by atoms with van der Waals surface area (Å²) in [6.07, 6.45) is 7.15. The highest BCUT2D eigenvalue weighted by molar-refractivity contribution is 5.89. The van der Waals surface area contributed by atoms with Gasteiger partial charge in [-0.2, -0.15) is 0 Å². The normalized spacial score (nSPS) is 28.5. The van der Waals surface area contributed by atoms with E-state index < -0.39 is 17.6 Å². The second kappa shape index (κ2) is 8.47. The molecular formula is C21H28F2O3. The van der Waals surface area contributed by atoms with Gasteiger partial charge in [-0.3, -0.25) is 0 Å². The van der Waals surface area contributed by atoms with Crippen LogP contribution in [0.2, 0.25) is 0 Å². The Morgan fingerprint density at radius 2 is 1.73 bits per heavy atom. The molecule has 0 bridgehead atoms. The Hall–Kier alpha value is -1.49. The fourth-order valence-corrected chi connectivity index (χ4v) is 4.75. The lowest BCUT2D eigenvalue weighted by Gasteiger charge is -2.42. The molecule has 3 nitrogen and oxygen atoms in total. The van der Waals surface area contributed by atoms with Crippen LogP contribution in [0.1, 0.15) is 73.7 Å². The Balaban J connectivity index is 1.69. The molecule has 4 unspecified atom stereocenters. The monoisotopic (exact) mass is 366 g/mol. The highest BCUT2D eigenvalue weighted by Gasteiger charge is 2.38. The van der Waals surface area contributed by atoms with Crippen LogP contribution in [0.25, 0.3) is 0 Å². The summed E-state index contributed by atoms with van der Waals surface area (Å²) in [7, 11) is 1.20. The summed E-state index contributed by atoms with van der Waals surface area (Å²) in [5.41, 5.74) is 0.0639. The number of rotatable bonds is 5. The average molecular weight is 366 g/mol. The zero-order valence-electron chi connectivity index (χ0n) is 15.6. The van der Waals surface area contributed by atoms with E-state index >= 15 is 0 Å². The Kier molecular flexibility index (Phi) is 6.28. The summed E-state index contributed by atoms with van der Waals surface area (Å²) in [4.78, 5) is 11.5. The first-order valence-corrected chi connectivity index (χ1v) is 9.72. The third-order valence-electron chi connectivity index (χ3n) is 6.03. The van der Waals surface area contributed by atoms with Gasteiger partial charge in [0.05, 0.1) is 18.8 Å². The summed E-state index contributed by atoms with van der Waals surface area (Å²) >= 11 is 0. The molecule has 0 aromatic heterocycles. The minimum Gasteiger partial charge on any atom is -0.465 e. The Morgan fingerprint density at radius 3 is 2.38 bits per heavy atom. The van der Waals surface area contributed by atoms with E-state index in [0.717, 1.165) is 63.7 Å². The molecule has 2 aliphatic carbocycles. The molecule has 1 aromatic rings. The number of benzene rings is 1. The van der Waals surface area contributed by atoms with Crippen molar-refractivity contribution in [1.82, 2.24) is 0 Å². The van der Waals surface area contributed by atoms with Crippen molar-refractivity contribution in [2.75, 3.05) is 13.7 Å². The van der Waals surface area contributed by atoms with E-state index in [1.807, 2.05) is 0 Å². The first kappa shape index (κ1) is 19.3. The fourth-order valence-electron chi connectivity index (χ4n) is 4.75. The van der Waals surface area contributed by atoms with Crippen LogP contribution in [0.4, 0.5) is 8.78 Å². The van der Waals surface area contributed by atoms with Crippen molar-refractivity contribution in [2.24, 2.45) is 11.8 Å². The molecule has 3 rings (SSSR count). The number of hydrogen-bond donors (Lipinski definition) is 0. The van der Waals surface area contributed by atoms with Gasteiger partial charge in [-0.05, 0) is 74.8 Å². The predicted octanol–water partition coefficient (Wildman–Crippen LogP) is 5.23. The molecule has 2 saturated carbocycles. The van der Waals surface area contributed by atoms with Gasteiger partial charge in [0.15, 0.2) is 0 Å². The molecule has 2 aliphatic rings. The topological polar surface area (TPSA) is 35.5 Å². The van der Waals surface area contributed by atoms with E-state index in [2.05, 4.69) is 11.7 Å². The van der Waals surface area contributed by atoms with Crippen LogP contribution in [-0.4, -0.2) is 25.8 Å². The second-order valence-electron chi connectivity index (χ2n) is 7.68. The smallest absolute Gasteiger partial charge is 0.338 e. The standard InChI is InChI=1S/C21H28F2O3/c1-3-8-26-17-7-6-13-9-15(5-4-14(13)10-17)20-18(22)11-16(12-19(20)23)21(24)25-2/h11-15,17H,3-10H2,1-2H3. The first-order chi connectivity index (χ1) is 12.5. The zero-order chi connectivity index (χ0) is 18.7. The molecular weight excluding hydrogens is 338 g/mol. The van der Waals surface area contributed by atoms with Crippen molar-refractivity contribution in [1.29, 1.82) is 0 Å². The molecule has 0 amide bonds. The number of fused-ring (bicyclic) bond motifs is 1. The summed E-state index contributed by atoms with van der Waals surface area (Å²) in [5.74, 6) is -0.987. The molecule has 26 heavy (non-hydrogen) atoms. The number of hydrogen-bond acceptors (Lipinski definition) is 3. The lowest BCUT2D eigenvalue weighted by Crippen LogP contribution is -2.34. The SMILES string of the molecule is CCCOC1CCC2CC(c3c(F)cc(C(=O)OC)cc3F)CCC2C1. The summed E-state index contributed by atoms with van der Waals surface area (Å²) < 4.78 is 39.6.